The molecule has 4 atom stereocenters. The van der Waals surface area contributed by atoms with E-state index in [1.165, 1.54) is 79.4 Å². The summed E-state index contributed by atoms with van der Waals surface area (Å²) in [4.78, 5) is 22.2. The van der Waals surface area contributed by atoms with Crippen molar-refractivity contribution in [2.24, 2.45) is 17.3 Å². The molecule has 13 nitrogen and oxygen atoms in total. The van der Waals surface area contributed by atoms with Crippen molar-refractivity contribution in [3.63, 3.8) is 0 Å². The molecule has 0 saturated carbocycles. The van der Waals surface area contributed by atoms with Crippen LogP contribution in [0.3, 0.4) is 0 Å². The number of ether oxygens (including phenoxy) is 1. The molecule has 0 spiro atoms. The van der Waals surface area contributed by atoms with Gasteiger partial charge in [-0.3, -0.25) is 14.6 Å². The number of carbonyl (C=O) groups is 1. The number of halogens is 4. The van der Waals surface area contributed by atoms with E-state index in [0.717, 1.165) is 124 Å². The van der Waals surface area contributed by atoms with Crippen molar-refractivity contribution in [3.05, 3.63) is 119 Å². The third-order valence-corrected chi connectivity index (χ3v) is 21.5. The molecule has 3 N–H and O–H groups in total. The molecule has 4 aromatic carbocycles. The summed E-state index contributed by atoms with van der Waals surface area (Å²) >= 11 is 7.82. The number of nitrogens with zero attached hydrogens (tertiary/aromatic N) is 4. The lowest BCUT2D eigenvalue weighted by Gasteiger charge is -2.45. The number of sulfonamides is 1. The highest BCUT2D eigenvalue weighted by Gasteiger charge is 2.49. The van der Waals surface area contributed by atoms with Crippen molar-refractivity contribution in [1.82, 2.24) is 24.7 Å². The fraction of sp³-hybridized carbons (Fsp3) is 0.534. The monoisotopic (exact) mass is 1150 g/mol. The van der Waals surface area contributed by atoms with Gasteiger partial charge in [-0.05, 0) is 179 Å². The number of hydrogen-bond donors (Lipinski definition) is 3. The van der Waals surface area contributed by atoms with Crippen LogP contribution in [0.2, 0.25) is 5.02 Å². The molecule has 0 aromatic heterocycles. The second kappa shape index (κ2) is 24.5. The number of benzene rings is 4. The average molecular weight is 1150 g/mol. The molecule has 2 bridgehead atoms. The van der Waals surface area contributed by atoms with Crippen LogP contribution in [0.4, 0.5) is 24.5 Å². The van der Waals surface area contributed by atoms with Gasteiger partial charge in [0.2, 0.25) is 0 Å². The number of piperidine rings is 2. The van der Waals surface area contributed by atoms with Gasteiger partial charge in [0.1, 0.15) is 4.90 Å². The van der Waals surface area contributed by atoms with E-state index >= 15 is 0 Å². The number of allylic oxidation sites excluding steroid dienone is 1. The molecule has 6 aliphatic rings. The van der Waals surface area contributed by atoms with Crippen LogP contribution in [0, 0.1) is 17.3 Å². The molecular weight excluding hydrogens is 1080 g/mol. The molecule has 422 valence electrons. The molecular formula is C58H73ClF3N7O6S3. The fourth-order valence-electron chi connectivity index (χ4n) is 12.9. The predicted molar refractivity (Wildman–Crippen MR) is 303 cm³/mol. The van der Waals surface area contributed by atoms with Crippen molar-refractivity contribution in [1.29, 1.82) is 0 Å². The maximum atomic E-state index is 14.3. The van der Waals surface area contributed by atoms with Gasteiger partial charge >= 0.3 is 5.51 Å². The zero-order valence-corrected chi connectivity index (χ0v) is 47.6. The largest absolute Gasteiger partial charge is 0.501 e. The zero-order valence-electron chi connectivity index (χ0n) is 44.4. The summed E-state index contributed by atoms with van der Waals surface area (Å²) in [7, 11) is -10.9. The Morgan fingerprint density at radius 1 is 0.872 bits per heavy atom. The normalized spacial score (nSPS) is 23.9. The third kappa shape index (κ3) is 13.8. The summed E-state index contributed by atoms with van der Waals surface area (Å²) in [5.74, 6) is 1.08. The Labute approximate surface area is 468 Å². The van der Waals surface area contributed by atoms with Gasteiger partial charge in [-0.15, -0.1) is 11.8 Å². The number of morpholine rings is 1. The lowest BCUT2D eigenvalue weighted by atomic mass is 9.70. The van der Waals surface area contributed by atoms with E-state index in [2.05, 4.69) is 49.3 Å². The van der Waals surface area contributed by atoms with Crippen LogP contribution in [0.1, 0.15) is 80.6 Å². The van der Waals surface area contributed by atoms with E-state index in [1.54, 1.807) is 12.1 Å². The minimum atomic E-state index is -6.07. The number of hydrogen-bond acceptors (Lipinski definition) is 13. The Morgan fingerprint density at radius 2 is 1.58 bits per heavy atom. The minimum absolute atomic E-state index is 0.00656. The standard InChI is InChI=1S/C58H73ClF3N7O6S3/c1-57(40-67-26-20-42(21-27-67)41-18-24-63-25-19-41)23-17-53(43-7-11-46(59)12-8-43)45(35-57)36-66-29-31-68(32-30-66)48-13-9-44(10-14-48)56(70)65-78(73,74)52-15-16-54(55(34-52)77(71,72)58(60,61)62)64-47(39-76-51-5-3-2-4-6-51)22-28-69-37-50-33-49(69)38-75-50/h2-16,34,41-42,47,49-50,63-64H,17-33,35-40H2,1H3,(H,65,70)/t47-,49-,50-,57?/m1/s1. The molecule has 0 radical (unpaired) electrons. The highest BCUT2D eigenvalue weighted by molar-refractivity contribution is 7.99. The van der Waals surface area contributed by atoms with Crippen LogP contribution >= 0.6 is 23.4 Å². The Kier molecular flexibility index (Phi) is 17.9. The van der Waals surface area contributed by atoms with Crippen LogP contribution in [0.25, 0.3) is 5.57 Å². The molecule has 1 unspecified atom stereocenters. The van der Waals surface area contributed by atoms with Crippen LogP contribution < -0.4 is 20.3 Å². The van der Waals surface area contributed by atoms with Crippen molar-refractivity contribution < 1.29 is 39.5 Å². The number of thioether (sulfide) groups is 1. The molecule has 5 heterocycles. The van der Waals surface area contributed by atoms with Gasteiger partial charge in [0.25, 0.3) is 25.8 Å². The van der Waals surface area contributed by atoms with Crippen molar-refractivity contribution in [3.8, 4) is 0 Å². The van der Waals surface area contributed by atoms with Crippen LogP contribution in [-0.2, 0) is 24.6 Å². The Morgan fingerprint density at radius 3 is 2.24 bits per heavy atom. The lowest BCUT2D eigenvalue weighted by Crippen LogP contribution is -2.48. The van der Waals surface area contributed by atoms with Crippen LogP contribution in [0.5, 0.6) is 0 Å². The maximum absolute atomic E-state index is 14.3. The predicted octanol–water partition coefficient (Wildman–Crippen LogP) is 9.67. The van der Waals surface area contributed by atoms with Gasteiger partial charge in [-0.2, -0.15) is 13.2 Å². The topological polar surface area (TPSA) is 144 Å². The second-order valence-electron chi connectivity index (χ2n) is 22.7. The summed E-state index contributed by atoms with van der Waals surface area (Å²) in [6.45, 7) is 14.2. The molecule has 5 saturated heterocycles. The lowest BCUT2D eigenvalue weighted by molar-refractivity contribution is -0.0435. The summed E-state index contributed by atoms with van der Waals surface area (Å²) < 4.78 is 105. The van der Waals surface area contributed by atoms with Gasteiger partial charge in [-0.1, -0.05) is 54.4 Å². The van der Waals surface area contributed by atoms with E-state index in [0.29, 0.717) is 31.4 Å². The third-order valence-electron chi connectivity index (χ3n) is 17.2. The number of anilines is 2. The van der Waals surface area contributed by atoms with Gasteiger partial charge in [0.15, 0.2) is 0 Å². The van der Waals surface area contributed by atoms with Crippen molar-refractivity contribution in [2.45, 2.75) is 103 Å². The summed E-state index contributed by atoms with van der Waals surface area (Å²) in [5, 5.41) is 7.30. The minimum Gasteiger partial charge on any atom is -0.380 e. The van der Waals surface area contributed by atoms with Crippen LogP contribution in [-0.4, -0.2) is 152 Å². The van der Waals surface area contributed by atoms with Crippen LogP contribution in [0.15, 0.2) is 117 Å². The number of carbonyl (C=O) groups excluding carboxylic acids is 1. The Hall–Kier alpha value is -4.18. The van der Waals surface area contributed by atoms with E-state index in [-0.39, 0.29) is 28.8 Å². The first-order valence-electron chi connectivity index (χ1n) is 27.7. The molecule has 1 amide bonds. The van der Waals surface area contributed by atoms with E-state index in [1.807, 2.05) is 47.2 Å². The van der Waals surface area contributed by atoms with E-state index < -0.39 is 47.1 Å². The number of rotatable bonds is 19. The SMILES string of the molecule is CC1(CN2CCC(C3CCNCC3)CC2)CCC(c2ccc(Cl)cc2)=C(CN2CCN(c3ccc(C(=O)NS(=O)(=O)c4ccc(N[C@H](CCN5C[C@H]6C[C@@H]5CO6)CSc5ccccc5)c(S(=O)(=O)C(F)(F)F)c4)cc3)CC2)C1. The Bertz CT molecular complexity index is 2970. The summed E-state index contributed by atoms with van der Waals surface area (Å²) in [6, 6.07) is 26.5. The molecule has 4 aromatic rings. The smallest absolute Gasteiger partial charge is 0.380 e. The molecule has 5 aliphatic heterocycles. The number of likely N-dealkylation sites (tertiary alicyclic amines) is 2. The van der Waals surface area contributed by atoms with Gasteiger partial charge < -0.3 is 25.2 Å². The molecule has 78 heavy (non-hydrogen) atoms. The first-order valence-corrected chi connectivity index (χ1v) is 32.0. The van der Waals surface area contributed by atoms with Gasteiger partial charge in [0, 0.05) is 91.4 Å². The summed E-state index contributed by atoms with van der Waals surface area (Å²) in [6.07, 6.45) is 9.94. The number of fused-ring (bicyclic) bond motifs is 2. The molecule has 20 heteroatoms. The van der Waals surface area contributed by atoms with Crippen molar-refractivity contribution in [2.75, 3.05) is 101 Å². The van der Waals surface area contributed by atoms with E-state index in [4.69, 9.17) is 16.3 Å². The fourth-order valence-corrected chi connectivity index (χ4v) is 16.0. The second-order valence-corrected chi connectivity index (χ2v) is 27.8. The van der Waals surface area contributed by atoms with Crippen molar-refractivity contribution >= 4 is 66.1 Å². The van der Waals surface area contributed by atoms with Gasteiger partial charge in [0.05, 0.1) is 23.3 Å². The number of nitrogens with one attached hydrogen (secondary N) is 3. The molecule has 1 aliphatic carbocycles. The maximum Gasteiger partial charge on any atom is 0.501 e. The molecule has 5 fully saturated rings. The number of piperazine rings is 1. The van der Waals surface area contributed by atoms with Gasteiger partial charge in [-0.25, -0.2) is 21.6 Å². The highest BCUT2D eigenvalue weighted by Crippen LogP contribution is 2.45. The first kappa shape index (κ1) is 57.1. The zero-order chi connectivity index (χ0) is 54.7. The number of amides is 1. The number of alkyl halides is 3. The van der Waals surface area contributed by atoms with E-state index in [9.17, 15) is 34.8 Å². The molecule has 10 rings (SSSR count). The Balaban J connectivity index is 0.772. The quantitative estimate of drug-likeness (QED) is 0.0768. The highest BCUT2D eigenvalue weighted by atomic mass is 35.5. The number of sulfone groups is 1. The summed E-state index contributed by atoms with van der Waals surface area (Å²) in [5.41, 5.74) is -0.929. The first-order chi connectivity index (χ1) is 37.4. The average Bonchev–Trinajstić information content (AvgIpc) is 4.08.